The van der Waals surface area contributed by atoms with Crippen LogP contribution < -0.4 is 14.4 Å². The molecule has 5 nitrogen and oxygen atoms in total. The van der Waals surface area contributed by atoms with Crippen LogP contribution in [0.25, 0.3) is 23.1 Å². The summed E-state index contributed by atoms with van der Waals surface area (Å²) in [4.78, 5) is 11.9. The molecular formula is C23H24ClN3O2. The molecule has 29 heavy (non-hydrogen) atoms. The Kier molecular flexibility index (Phi) is 5.86. The molecule has 0 bridgehead atoms. The predicted octanol–water partition coefficient (Wildman–Crippen LogP) is 5.46. The lowest BCUT2D eigenvalue weighted by atomic mass is 10.1. The summed E-state index contributed by atoms with van der Waals surface area (Å²) in [7, 11) is 3.29. The van der Waals surface area contributed by atoms with Gasteiger partial charge in [-0.25, -0.2) is 9.97 Å². The topological polar surface area (TPSA) is 47.5 Å². The number of halogens is 1. The Hall–Kier alpha value is -2.79. The molecule has 1 fully saturated rings. The van der Waals surface area contributed by atoms with Crippen molar-refractivity contribution in [3.8, 4) is 11.5 Å². The molecule has 1 aliphatic rings. The van der Waals surface area contributed by atoms with E-state index in [1.54, 1.807) is 14.2 Å². The summed E-state index contributed by atoms with van der Waals surface area (Å²) < 4.78 is 10.7. The minimum Gasteiger partial charge on any atom is -0.497 e. The lowest BCUT2D eigenvalue weighted by Crippen LogP contribution is -2.30. The first-order valence-electron chi connectivity index (χ1n) is 9.79. The summed E-state index contributed by atoms with van der Waals surface area (Å²) >= 11 is 6.26. The Morgan fingerprint density at radius 3 is 2.31 bits per heavy atom. The first-order chi connectivity index (χ1) is 14.2. The van der Waals surface area contributed by atoms with Crippen LogP contribution >= 0.6 is 11.6 Å². The van der Waals surface area contributed by atoms with E-state index in [1.165, 1.54) is 19.3 Å². The van der Waals surface area contributed by atoms with Gasteiger partial charge in [0.05, 0.1) is 19.7 Å². The molecule has 150 valence electrons. The summed E-state index contributed by atoms with van der Waals surface area (Å²) in [5, 5.41) is 1.70. The van der Waals surface area contributed by atoms with Crippen LogP contribution in [0.5, 0.6) is 11.5 Å². The molecule has 0 radical (unpaired) electrons. The minimum atomic E-state index is 0.669. The summed E-state index contributed by atoms with van der Waals surface area (Å²) in [6, 6.07) is 11.5. The number of anilines is 1. The zero-order chi connectivity index (χ0) is 20.2. The lowest BCUT2D eigenvalue weighted by Gasteiger charge is -2.28. The maximum Gasteiger partial charge on any atom is 0.154 e. The van der Waals surface area contributed by atoms with E-state index in [1.807, 2.05) is 48.6 Å². The van der Waals surface area contributed by atoms with Gasteiger partial charge >= 0.3 is 0 Å². The summed E-state index contributed by atoms with van der Waals surface area (Å²) in [5.74, 6) is 3.11. The van der Waals surface area contributed by atoms with Crippen molar-refractivity contribution in [3.05, 3.63) is 52.8 Å². The van der Waals surface area contributed by atoms with Gasteiger partial charge in [0.1, 0.15) is 17.3 Å². The molecule has 2 heterocycles. The molecule has 1 saturated heterocycles. The fourth-order valence-corrected chi connectivity index (χ4v) is 3.79. The SMILES string of the molecule is COc1cc(/C=C/c2nc(N3CCCCC3)c3cc(Cl)ccc3n2)cc(OC)c1. The van der Waals surface area contributed by atoms with Crippen LogP contribution in [0.1, 0.15) is 30.7 Å². The highest BCUT2D eigenvalue weighted by molar-refractivity contribution is 6.31. The lowest BCUT2D eigenvalue weighted by molar-refractivity contribution is 0.394. The minimum absolute atomic E-state index is 0.669. The average molecular weight is 410 g/mol. The average Bonchev–Trinajstić information content (AvgIpc) is 2.77. The monoisotopic (exact) mass is 409 g/mol. The molecule has 2 aromatic carbocycles. The van der Waals surface area contributed by atoms with Crippen LogP contribution in [-0.2, 0) is 0 Å². The Labute approximate surface area is 175 Å². The summed E-state index contributed by atoms with van der Waals surface area (Å²) in [5.41, 5.74) is 1.85. The van der Waals surface area contributed by atoms with Crippen LogP contribution in [0, 0.1) is 0 Å². The van der Waals surface area contributed by atoms with Gasteiger partial charge in [-0.05, 0) is 61.2 Å². The fraction of sp³-hybridized carbons (Fsp3) is 0.304. The van der Waals surface area contributed by atoms with E-state index in [-0.39, 0.29) is 0 Å². The van der Waals surface area contributed by atoms with Gasteiger partial charge in [0.25, 0.3) is 0 Å². The number of hydrogen-bond acceptors (Lipinski definition) is 5. The third-order valence-corrected chi connectivity index (χ3v) is 5.34. The van der Waals surface area contributed by atoms with Crippen LogP contribution in [-0.4, -0.2) is 37.3 Å². The third-order valence-electron chi connectivity index (χ3n) is 5.11. The molecule has 0 atom stereocenters. The van der Waals surface area contributed by atoms with Gasteiger partial charge in [-0.15, -0.1) is 0 Å². The van der Waals surface area contributed by atoms with Gasteiger partial charge in [0, 0.05) is 29.6 Å². The number of benzene rings is 2. The fourth-order valence-electron chi connectivity index (χ4n) is 3.62. The Morgan fingerprint density at radius 1 is 0.897 bits per heavy atom. The van der Waals surface area contributed by atoms with Crippen molar-refractivity contribution in [1.82, 2.24) is 9.97 Å². The number of fused-ring (bicyclic) bond motifs is 1. The standard InChI is InChI=1S/C23H24ClN3O2/c1-28-18-12-16(13-19(15-18)29-2)6-9-22-25-21-8-7-17(24)14-20(21)23(26-22)27-10-4-3-5-11-27/h6-9,12-15H,3-5,10-11H2,1-2H3/b9-6+. The number of aromatic nitrogens is 2. The Bertz CT molecular complexity index is 1020. The number of ether oxygens (including phenoxy) is 2. The van der Waals surface area contributed by atoms with Gasteiger partial charge in [-0.2, -0.15) is 0 Å². The molecule has 0 unspecified atom stereocenters. The first-order valence-corrected chi connectivity index (χ1v) is 10.2. The van der Waals surface area contributed by atoms with Gasteiger partial charge in [-0.1, -0.05) is 17.7 Å². The maximum atomic E-state index is 6.26. The van der Waals surface area contributed by atoms with Crippen LogP contribution in [0.3, 0.4) is 0 Å². The number of methoxy groups -OCH3 is 2. The van der Waals surface area contributed by atoms with E-state index in [9.17, 15) is 0 Å². The second-order valence-corrected chi connectivity index (χ2v) is 7.53. The zero-order valence-corrected chi connectivity index (χ0v) is 17.4. The predicted molar refractivity (Wildman–Crippen MR) is 119 cm³/mol. The number of piperidine rings is 1. The van der Waals surface area contributed by atoms with E-state index < -0.39 is 0 Å². The highest BCUT2D eigenvalue weighted by Gasteiger charge is 2.17. The highest BCUT2D eigenvalue weighted by Crippen LogP contribution is 2.29. The second kappa shape index (κ2) is 8.70. The van der Waals surface area contributed by atoms with Gasteiger partial charge < -0.3 is 14.4 Å². The molecule has 0 spiro atoms. The molecule has 3 aromatic rings. The third kappa shape index (κ3) is 4.46. The molecule has 4 rings (SSSR count). The van der Waals surface area contributed by atoms with Crippen molar-refractivity contribution in [2.75, 3.05) is 32.2 Å². The van der Waals surface area contributed by atoms with Crippen molar-refractivity contribution in [2.24, 2.45) is 0 Å². The van der Waals surface area contributed by atoms with Crippen LogP contribution in [0.2, 0.25) is 5.02 Å². The van der Waals surface area contributed by atoms with Crippen molar-refractivity contribution < 1.29 is 9.47 Å². The van der Waals surface area contributed by atoms with Crippen molar-refractivity contribution in [3.63, 3.8) is 0 Å². The smallest absolute Gasteiger partial charge is 0.154 e. The highest BCUT2D eigenvalue weighted by atomic mass is 35.5. The van der Waals surface area contributed by atoms with E-state index in [0.717, 1.165) is 46.9 Å². The second-order valence-electron chi connectivity index (χ2n) is 7.09. The van der Waals surface area contributed by atoms with Crippen molar-refractivity contribution >= 4 is 40.5 Å². The number of nitrogens with zero attached hydrogens (tertiary/aromatic N) is 3. The molecule has 6 heteroatoms. The molecule has 0 N–H and O–H groups in total. The first kappa shape index (κ1) is 19.5. The van der Waals surface area contributed by atoms with E-state index in [4.69, 9.17) is 31.0 Å². The summed E-state index contributed by atoms with van der Waals surface area (Å²) in [6.07, 6.45) is 7.53. The quantitative estimate of drug-likeness (QED) is 0.559. The largest absolute Gasteiger partial charge is 0.497 e. The maximum absolute atomic E-state index is 6.26. The molecule has 1 aliphatic heterocycles. The number of rotatable bonds is 5. The van der Waals surface area contributed by atoms with Gasteiger partial charge in [-0.3, -0.25) is 0 Å². The summed E-state index contributed by atoms with van der Waals surface area (Å²) in [6.45, 7) is 2.02. The Balaban J connectivity index is 1.74. The van der Waals surface area contributed by atoms with Gasteiger partial charge in [0.15, 0.2) is 5.82 Å². The molecule has 0 saturated carbocycles. The van der Waals surface area contributed by atoms with Crippen LogP contribution in [0.4, 0.5) is 5.82 Å². The molecule has 0 aliphatic carbocycles. The van der Waals surface area contributed by atoms with Gasteiger partial charge in [0.2, 0.25) is 0 Å². The zero-order valence-electron chi connectivity index (χ0n) is 16.7. The van der Waals surface area contributed by atoms with Crippen molar-refractivity contribution in [1.29, 1.82) is 0 Å². The van der Waals surface area contributed by atoms with Crippen molar-refractivity contribution in [2.45, 2.75) is 19.3 Å². The van der Waals surface area contributed by atoms with E-state index in [0.29, 0.717) is 10.8 Å². The van der Waals surface area contributed by atoms with E-state index in [2.05, 4.69) is 4.90 Å². The molecule has 0 amide bonds. The molecular weight excluding hydrogens is 386 g/mol. The van der Waals surface area contributed by atoms with E-state index >= 15 is 0 Å². The normalized spacial score (nSPS) is 14.5. The molecule has 1 aromatic heterocycles. The Morgan fingerprint density at radius 2 is 1.62 bits per heavy atom. The van der Waals surface area contributed by atoms with Crippen LogP contribution in [0.15, 0.2) is 36.4 Å². The number of hydrogen-bond donors (Lipinski definition) is 0.